The Morgan fingerprint density at radius 3 is 2.65 bits per heavy atom. The summed E-state index contributed by atoms with van der Waals surface area (Å²) in [4.78, 5) is 0. The average molecular weight is 310 g/mol. The van der Waals surface area contributed by atoms with Crippen molar-refractivity contribution in [3.05, 3.63) is 58.1 Å². The molecule has 2 aromatic rings. The van der Waals surface area contributed by atoms with Crippen LogP contribution in [0.1, 0.15) is 19.4 Å². The lowest BCUT2D eigenvalue weighted by atomic mass is 10.2. The normalized spacial score (nSPS) is 10.8. The minimum atomic E-state index is 0.446. The lowest BCUT2D eigenvalue weighted by Crippen LogP contribution is -2.21. The minimum Gasteiger partial charge on any atom is -0.456 e. The van der Waals surface area contributed by atoms with E-state index in [9.17, 15) is 0 Å². The van der Waals surface area contributed by atoms with Gasteiger partial charge in [0.05, 0.1) is 5.02 Å². The first kappa shape index (κ1) is 15.2. The quantitative estimate of drug-likeness (QED) is 0.811. The predicted octanol–water partition coefficient (Wildman–Crippen LogP) is 5.28. The van der Waals surface area contributed by atoms with Crippen LogP contribution in [-0.2, 0) is 6.54 Å². The molecule has 0 bridgehead atoms. The van der Waals surface area contributed by atoms with E-state index in [1.54, 1.807) is 18.2 Å². The Kier molecular flexibility index (Phi) is 5.30. The molecule has 0 aromatic heterocycles. The van der Waals surface area contributed by atoms with Gasteiger partial charge in [-0.1, -0.05) is 49.2 Å². The average Bonchev–Trinajstić information content (AvgIpc) is 2.41. The molecule has 2 aromatic carbocycles. The maximum atomic E-state index is 6.09. The number of halogens is 2. The van der Waals surface area contributed by atoms with Crippen LogP contribution in [-0.4, -0.2) is 6.04 Å². The maximum absolute atomic E-state index is 6.09. The monoisotopic (exact) mass is 309 g/mol. The van der Waals surface area contributed by atoms with E-state index in [-0.39, 0.29) is 0 Å². The van der Waals surface area contributed by atoms with Crippen molar-refractivity contribution in [1.82, 2.24) is 5.32 Å². The predicted molar refractivity (Wildman–Crippen MR) is 85.0 cm³/mol. The van der Waals surface area contributed by atoms with E-state index in [1.165, 1.54) is 0 Å². The van der Waals surface area contributed by atoms with Crippen LogP contribution in [0.25, 0.3) is 0 Å². The fourth-order valence-corrected chi connectivity index (χ4v) is 2.04. The Balaban J connectivity index is 2.13. The van der Waals surface area contributed by atoms with Gasteiger partial charge in [0, 0.05) is 23.7 Å². The van der Waals surface area contributed by atoms with Crippen LogP contribution in [0, 0.1) is 0 Å². The molecule has 0 aliphatic heterocycles. The summed E-state index contributed by atoms with van der Waals surface area (Å²) in [7, 11) is 0. The van der Waals surface area contributed by atoms with Crippen LogP contribution >= 0.6 is 23.2 Å². The van der Waals surface area contributed by atoms with Crippen LogP contribution in [0.3, 0.4) is 0 Å². The van der Waals surface area contributed by atoms with Gasteiger partial charge in [0.2, 0.25) is 0 Å². The summed E-state index contributed by atoms with van der Waals surface area (Å²) in [5, 5.41) is 4.51. The lowest BCUT2D eigenvalue weighted by Gasteiger charge is -2.11. The molecule has 106 valence electrons. The molecule has 1 N–H and O–H groups in total. The van der Waals surface area contributed by atoms with Crippen LogP contribution in [0.5, 0.6) is 11.5 Å². The number of hydrogen-bond donors (Lipinski definition) is 1. The van der Waals surface area contributed by atoms with E-state index in [0.717, 1.165) is 17.9 Å². The molecule has 0 aliphatic rings. The van der Waals surface area contributed by atoms with Gasteiger partial charge in [0.25, 0.3) is 0 Å². The van der Waals surface area contributed by atoms with Gasteiger partial charge in [-0.05, 0) is 29.8 Å². The molecule has 0 fully saturated rings. The van der Waals surface area contributed by atoms with Crippen molar-refractivity contribution >= 4 is 23.2 Å². The molecule has 2 rings (SSSR count). The number of hydrogen-bond acceptors (Lipinski definition) is 2. The van der Waals surface area contributed by atoms with Gasteiger partial charge in [-0.25, -0.2) is 0 Å². The second kappa shape index (κ2) is 6.98. The fourth-order valence-electron chi connectivity index (χ4n) is 1.72. The highest BCUT2D eigenvalue weighted by molar-refractivity contribution is 6.34. The molecular formula is C16H17Cl2NO. The van der Waals surface area contributed by atoms with Gasteiger partial charge in [-0.3, -0.25) is 0 Å². The number of ether oxygens (including phenoxy) is 1. The van der Waals surface area contributed by atoms with Crippen molar-refractivity contribution in [2.75, 3.05) is 0 Å². The Hall–Kier alpha value is -1.22. The second-order valence-electron chi connectivity index (χ2n) is 4.86. The lowest BCUT2D eigenvalue weighted by molar-refractivity contribution is 0.481. The first-order valence-corrected chi connectivity index (χ1v) is 7.25. The molecule has 0 heterocycles. The smallest absolute Gasteiger partial charge is 0.147 e. The SMILES string of the molecule is CC(C)NCc1cccc(Oc2cc(Cl)ccc2Cl)c1. The summed E-state index contributed by atoms with van der Waals surface area (Å²) in [6.07, 6.45) is 0. The van der Waals surface area contributed by atoms with Crippen molar-refractivity contribution < 1.29 is 4.74 Å². The zero-order valence-electron chi connectivity index (χ0n) is 11.5. The number of benzene rings is 2. The van der Waals surface area contributed by atoms with Crippen molar-refractivity contribution in [2.45, 2.75) is 26.4 Å². The Morgan fingerprint density at radius 2 is 1.90 bits per heavy atom. The van der Waals surface area contributed by atoms with Gasteiger partial charge in [0.1, 0.15) is 11.5 Å². The minimum absolute atomic E-state index is 0.446. The number of nitrogens with one attached hydrogen (secondary N) is 1. The van der Waals surface area contributed by atoms with E-state index < -0.39 is 0 Å². The van der Waals surface area contributed by atoms with Gasteiger partial charge < -0.3 is 10.1 Å². The molecule has 0 aliphatic carbocycles. The van der Waals surface area contributed by atoms with Crippen LogP contribution < -0.4 is 10.1 Å². The zero-order chi connectivity index (χ0) is 14.5. The van der Waals surface area contributed by atoms with E-state index in [1.807, 2.05) is 18.2 Å². The molecular weight excluding hydrogens is 293 g/mol. The van der Waals surface area contributed by atoms with E-state index >= 15 is 0 Å². The van der Waals surface area contributed by atoms with E-state index in [0.29, 0.717) is 21.8 Å². The Labute approximate surface area is 129 Å². The van der Waals surface area contributed by atoms with Gasteiger partial charge >= 0.3 is 0 Å². The molecule has 0 atom stereocenters. The summed E-state index contributed by atoms with van der Waals surface area (Å²) >= 11 is 12.0. The molecule has 0 unspecified atom stereocenters. The largest absolute Gasteiger partial charge is 0.456 e. The number of rotatable bonds is 5. The molecule has 0 amide bonds. The Morgan fingerprint density at radius 1 is 1.10 bits per heavy atom. The highest BCUT2D eigenvalue weighted by atomic mass is 35.5. The third kappa shape index (κ3) is 4.41. The maximum Gasteiger partial charge on any atom is 0.147 e. The van der Waals surface area contributed by atoms with Crippen LogP contribution in [0.4, 0.5) is 0 Å². The van der Waals surface area contributed by atoms with Crippen LogP contribution in [0.2, 0.25) is 10.0 Å². The molecule has 0 spiro atoms. The van der Waals surface area contributed by atoms with Gasteiger partial charge in [-0.2, -0.15) is 0 Å². The van der Waals surface area contributed by atoms with Gasteiger partial charge in [0.15, 0.2) is 0 Å². The molecule has 0 saturated carbocycles. The molecule has 20 heavy (non-hydrogen) atoms. The van der Waals surface area contributed by atoms with Crippen molar-refractivity contribution in [3.8, 4) is 11.5 Å². The summed E-state index contributed by atoms with van der Waals surface area (Å²) in [5.74, 6) is 1.31. The van der Waals surface area contributed by atoms with E-state index in [4.69, 9.17) is 27.9 Å². The molecule has 0 radical (unpaired) electrons. The van der Waals surface area contributed by atoms with Crippen LogP contribution in [0.15, 0.2) is 42.5 Å². The summed E-state index contributed by atoms with van der Waals surface area (Å²) in [6.45, 7) is 5.04. The first-order valence-electron chi connectivity index (χ1n) is 6.50. The third-order valence-corrected chi connectivity index (χ3v) is 3.28. The fraction of sp³-hybridized carbons (Fsp3) is 0.250. The first-order chi connectivity index (χ1) is 9.54. The molecule has 0 saturated heterocycles. The zero-order valence-corrected chi connectivity index (χ0v) is 13.0. The standard InChI is InChI=1S/C16H17Cl2NO/c1-11(2)19-10-12-4-3-5-14(8-12)20-16-9-13(17)6-7-15(16)18/h3-9,11,19H,10H2,1-2H3. The Bertz CT molecular complexity index is 584. The van der Waals surface area contributed by atoms with Crippen molar-refractivity contribution in [1.29, 1.82) is 0 Å². The second-order valence-corrected chi connectivity index (χ2v) is 5.70. The summed E-state index contributed by atoms with van der Waals surface area (Å²) < 4.78 is 5.79. The summed E-state index contributed by atoms with van der Waals surface area (Å²) in [5.41, 5.74) is 1.16. The van der Waals surface area contributed by atoms with Crippen molar-refractivity contribution in [2.24, 2.45) is 0 Å². The third-order valence-electron chi connectivity index (χ3n) is 2.73. The van der Waals surface area contributed by atoms with Crippen molar-refractivity contribution in [3.63, 3.8) is 0 Å². The topological polar surface area (TPSA) is 21.3 Å². The molecule has 4 heteroatoms. The van der Waals surface area contributed by atoms with Gasteiger partial charge in [-0.15, -0.1) is 0 Å². The molecule has 2 nitrogen and oxygen atoms in total. The summed E-state index contributed by atoms with van der Waals surface area (Å²) in [6, 6.07) is 13.5. The highest BCUT2D eigenvalue weighted by Gasteiger charge is 2.05. The van der Waals surface area contributed by atoms with E-state index in [2.05, 4.69) is 25.2 Å². The highest BCUT2D eigenvalue weighted by Crippen LogP contribution is 2.32.